The number of pyridine rings is 2. The molecule has 3 aromatic heterocycles. The van der Waals surface area contributed by atoms with E-state index >= 15 is 0 Å². The van der Waals surface area contributed by atoms with Crippen LogP contribution in [0, 0.1) is 24.2 Å². The Morgan fingerprint density at radius 2 is 2.14 bits per heavy atom. The fourth-order valence-electron chi connectivity index (χ4n) is 3.70. The lowest BCUT2D eigenvalue weighted by atomic mass is 9.81. The lowest BCUT2D eigenvalue weighted by Crippen LogP contribution is -2.25. The molecule has 0 spiro atoms. The molecule has 3 aromatic rings. The van der Waals surface area contributed by atoms with E-state index in [4.69, 9.17) is 10.2 Å². The summed E-state index contributed by atoms with van der Waals surface area (Å²) in [5, 5.41) is 13.9. The number of anilines is 1. The molecule has 0 atom stereocenters. The van der Waals surface area contributed by atoms with Crippen molar-refractivity contribution in [1.29, 1.82) is 5.26 Å². The fourth-order valence-corrected chi connectivity index (χ4v) is 4.19. The van der Waals surface area contributed by atoms with Gasteiger partial charge in [-0.2, -0.15) is 5.26 Å². The van der Waals surface area contributed by atoms with E-state index in [1.165, 1.54) is 6.92 Å². The van der Waals surface area contributed by atoms with E-state index in [2.05, 4.69) is 46.2 Å². The third-order valence-electron chi connectivity index (χ3n) is 5.14. The van der Waals surface area contributed by atoms with Gasteiger partial charge in [-0.05, 0) is 49.8 Å². The van der Waals surface area contributed by atoms with Crippen molar-refractivity contribution in [1.82, 2.24) is 14.5 Å². The van der Waals surface area contributed by atoms with Crippen molar-refractivity contribution in [3.63, 3.8) is 0 Å². The van der Waals surface area contributed by atoms with Crippen LogP contribution in [0.5, 0.6) is 0 Å². The Hall–Kier alpha value is -2.85. The van der Waals surface area contributed by atoms with Gasteiger partial charge >= 0.3 is 0 Å². The quantitative estimate of drug-likeness (QED) is 0.659. The standard InChI is InChI=1S/C21H21N5OS/c1-12-4-18(25-21(5-12)28-3)17-11-26(15-6-14(7-15)9-22)19-10-23-20(8-16(17)19)24-13(2)27/h4-5,8,10-11,14-15H,6-7H2,1-3H3,(H,23,24,27). The Morgan fingerprint density at radius 3 is 2.82 bits per heavy atom. The number of nitrogens with zero attached hydrogens (tertiary/aromatic N) is 4. The molecule has 6 nitrogen and oxygen atoms in total. The number of hydrogen-bond acceptors (Lipinski definition) is 5. The lowest BCUT2D eigenvalue weighted by Gasteiger charge is -2.32. The van der Waals surface area contributed by atoms with Crippen molar-refractivity contribution in [2.75, 3.05) is 11.6 Å². The van der Waals surface area contributed by atoms with Crippen LogP contribution >= 0.6 is 11.8 Å². The molecular formula is C21H21N5OS. The summed E-state index contributed by atoms with van der Waals surface area (Å²) in [4.78, 5) is 20.7. The van der Waals surface area contributed by atoms with Gasteiger partial charge in [0.05, 0.1) is 34.4 Å². The molecule has 28 heavy (non-hydrogen) atoms. The first-order chi connectivity index (χ1) is 13.5. The SMILES string of the molecule is CSc1cc(C)cc(-c2cn(C3CC(C#N)C3)c3cnc(NC(C)=O)cc23)n1. The summed E-state index contributed by atoms with van der Waals surface area (Å²) in [6.45, 7) is 3.54. The highest BCUT2D eigenvalue weighted by atomic mass is 32.2. The summed E-state index contributed by atoms with van der Waals surface area (Å²) in [6, 6.07) is 8.70. The molecule has 142 valence electrons. The molecule has 0 aliphatic heterocycles. The average Bonchev–Trinajstić information content (AvgIpc) is 2.98. The largest absolute Gasteiger partial charge is 0.342 e. The first-order valence-electron chi connectivity index (χ1n) is 9.19. The van der Waals surface area contributed by atoms with Gasteiger partial charge in [-0.15, -0.1) is 11.8 Å². The first-order valence-corrected chi connectivity index (χ1v) is 10.4. The molecule has 1 aliphatic carbocycles. The van der Waals surface area contributed by atoms with Crippen LogP contribution in [-0.2, 0) is 4.79 Å². The third kappa shape index (κ3) is 3.36. The van der Waals surface area contributed by atoms with E-state index < -0.39 is 0 Å². The van der Waals surface area contributed by atoms with Crippen molar-refractivity contribution >= 4 is 34.4 Å². The second-order valence-electron chi connectivity index (χ2n) is 7.24. The predicted molar refractivity (Wildman–Crippen MR) is 111 cm³/mol. The second kappa shape index (κ2) is 7.28. The van der Waals surface area contributed by atoms with E-state index in [0.29, 0.717) is 11.9 Å². The van der Waals surface area contributed by atoms with Gasteiger partial charge in [-0.25, -0.2) is 9.97 Å². The van der Waals surface area contributed by atoms with Gasteiger partial charge in [0.15, 0.2) is 0 Å². The Morgan fingerprint density at radius 1 is 1.36 bits per heavy atom. The maximum absolute atomic E-state index is 11.5. The topological polar surface area (TPSA) is 83.6 Å². The minimum Gasteiger partial charge on any atom is -0.342 e. The Balaban J connectivity index is 1.87. The van der Waals surface area contributed by atoms with Crippen LogP contribution < -0.4 is 5.32 Å². The van der Waals surface area contributed by atoms with Crippen LogP contribution in [0.2, 0.25) is 0 Å². The molecular weight excluding hydrogens is 370 g/mol. The Labute approximate surface area is 168 Å². The number of hydrogen-bond donors (Lipinski definition) is 1. The van der Waals surface area contributed by atoms with Crippen molar-refractivity contribution in [2.45, 2.75) is 37.8 Å². The van der Waals surface area contributed by atoms with Crippen molar-refractivity contribution in [2.24, 2.45) is 5.92 Å². The number of rotatable bonds is 4. The highest BCUT2D eigenvalue weighted by Crippen LogP contribution is 2.42. The number of aromatic nitrogens is 3. The van der Waals surface area contributed by atoms with Gasteiger partial charge in [0.1, 0.15) is 5.82 Å². The molecule has 3 heterocycles. The molecule has 7 heteroatoms. The Kier molecular flexibility index (Phi) is 4.82. The molecule has 0 radical (unpaired) electrons. The molecule has 1 N–H and O–H groups in total. The molecule has 1 aliphatic rings. The monoisotopic (exact) mass is 391 g/mol. The lowest BCUT2D eigenvalue weighted by molar-refractivity contribution is -0.114. The summed E-state index contributed by atoms with van der Waals surface area (Å²) in [5.74, 6) is 0.500. The number of nitrogens with one attached hydrogen (secondary N) is 1. The number of carbonyl (C=O) groups is 1. The predicted octanol–water partition coefficient (Wildman–Crippen LogP) is 4.56. The summed E-state index contributed by atoms with van der Waals surface area (Å²) in [7, 11) is 0. The van der Waals surface area contributed by atoms with Crippen LogP contribution in [0.25, 0.3) is 22.2 Å². The van der Waals surface area contributed by atoms with Crippen LogP contribution in [0.4, 0.5) is 5.82 Å². The van der Waals surface area contributed by atoms with Crippen LogP contribution in [0.1, 0.15) is 31.4 Å². The average molecular weight is 392 g/mol. The third-order valence-corrected chi connectivity index (χ3v) is 5.77. The number of carbonyl (C=O) groups excluding carboxylic acids is 1. The van der Waals surface area contributed by atoms with E-state index in [1.807, 2.05) is 12.3 Å². The van der Waals surface area contributed by atoms with Crippen LogP contribution in [0.15, 0.2) is 35.6 Å². The molecule has 0 unspecified atom stereocenters. The second-order valence-corrected chi connectivity index (χ2v) is 8.07. The first kappa shape index (κ1) is 18.5. The van der Waals surface area contributed by atoms with Gasteiger partial charge in [0, 0.05) is 30.1 Å². The zero-order valence-electron chi connectivity index (χ0n) is 16.1. The van der Waals surface area contributed by atoms with E-state index in [1.54, 1.807) is 18.0 Å². The van der Waals surface area contributed by atoms with Gasteiger partial charge in [-0.1, -0.05) is 0 Å². The van der Waals surface area contributed by atoms with Crippen molar-refractivity contribution in [3.05, 3.63) is 36.2 Å². The van der Waals surface area contributed by atoms with Crippen molar-refractivity contribution in [3.8, 4) is 17.3 Å². The fraction of sp³-hybridized carbons (Fsp3) is 0.333. The normalized spacial score (nSPS) is 18.5. The number of aryl methyl sites for hydroxylation is 1. The number of thioether (sulfide) groups is 1. The zero-order valence-corrected chi connectivity index (χ0v) is 16.9. The summed E-state index contributed by atoms with van der Waals surface area (Å²) in [6.07, 6.45) is 7.64. The number of amides is 1. The maximum atomic E-state index is 11.5. The summed E-state index contributed by atoms with van der Waals surface area (Å²) < 4.78 is 2.21. The molecule has 1 fully saturated rings. The number of nitriles is 1. The smallest absolute Gasteiger partial charge is 0.222 e. The molecule has 0 saturated heterocycles. The minimum absolute atomic E-state index is 0.123. The molecule has 0 aromatic carbocycles. The van der Waals surface area contributed by atoms with Gasteiger partial charge in [0.2, 0.25) is 5.91 Å². The summed E-state index contributed by atoms with van der Waals surface area (Å²) >= 11 is 1.62. The molecule has 1 saturated carbocycles. The summed E-state index contributed by atoms with van der Waals surface area (Å²) in [5.41, 5.74) is 4.08. The van der Waals surface area contributed by atoms with E-state index in [0.717, 1.165) is 45.6 Å². The molecule has 1 amide bonds. The van der Waals surface area contributed by atoms with Gasteiger partial charge in [0.25, 0.3) is 0 Å². The highest BCUT2D eigenvalue weighted by molar-refractivity contribution is 7.98. The van der Waals surface area contributed by atoms with Gasteiger partial charge < -0.3 is 9.88 Å². The van der Waals surface area contributed by atoms with Gasteiger partial charge in [-0.3, -0.25) is 4.79 Å². The Bertz CT molecular complexity index is 1110. The van der Waals surface area contributed by atoms with Crippen LogP contribution in [-0.4, -0.2) is 26.7 Å². The highest BCUT2D eigenvalue weighted by Gasteiger charge is 2.32. The number of fused-ring (bicyclic) bond motifs is 1. The zero-order chi connectivity index (χ0) is 19.8. The van der Waals surface area contributed by atoms with E-state index in [9.17, 15) is 4.79 Å². The molecule has 4 rings (SSSR count). The van der Waals surface area contributed by atoms with Crippen molar-refractivity contribution < 1.29 is 4.79 Å². The van der Waals surface area contributed by atoms with E-state index in [-0.39, 0.29) is 11.8 Å². The van der Waals surface area contributed by atoms with Crippen LogP contribution in [0.3, 0.4) is 0 Å². The molecule has 0 bridgehead atoms. The minimum atomic E-state index is -0.151. The maximum Gasteiger partial charge on any atom is 0.222 e.